The smallest absolute Gasteiger partial charge is 0.161 e. The van der Waals surface area contributed by atoms with Crippen molar-refractivity contribution in [3.8, 4) is 0 Å². The van der Waals surface area contributed by atoms with Gasteiger partial charge in [0.1, 0.15) is 0 Å². The first-order chi connectivity index (χ1) is 7.59. The summed E-state index contributed by atoms with van der Waals surface area (Å²) in [4.78, 5) is 16.8. The van der Waals surface area contributed by atoms with Gasteiger partial charge < -0.3 is 9.88 Å². The number of nitrogens with one attached hydrogen (secondary N) is 1. The maximum Gasteiger partial charge on any atom is 0.161 e. The van der Waals surface area contributed by atoms with Crippen LogP contribution in [0.2, 0.25) is 0 Å². The molecular formula is C13H16N2O. The van der Waals surface area contributed by atoms with Crippen LogP contribution in [0.15, 0.2) is 24.4 Å². The molecule has 1 heterocycles. The molecule has 0 aliphatic heterocycles. The first-order valence-electron chi connectivity index (χ1n) is 5.34. The van der Waals surface area contributed by atoms with Gasteiger partial charge in [0, 0.05) is 23.7 Å². The largest absolute Gasteiger partial charge is 0.360 e. The van der Waals surface area contributed by atoms with Crippen LogP contribution >= 0.6 is 0 Å². The number of carbonyl (C=O) groups excluding carboxylic acids is 1. The molecule has 2 aromatic rings. The Bertz CT molecular complexity index is 526. The highest BCUT2D eigenvalue weighted by Crippen LogP contribution is 2.22. The van der Waals surface area contributed by atoms with E-state index in [0.29, 0.717) is 0 Å². The lowest BCUT2D eigenvalue weighted by atomic mass is 10.1. The number of aromatic nitrogens is 1. The lowest BCUT2D eigenvalue weighted by molar-refractivity contribution is 0.101. The molecule has 3 heteroatoms. The van der Waals surface area contributed by atoms with Gasteiger partial charge in [-0.15, -0.1) is 0 Å². The molecule has 3 nitrogen and oxygen atoms in total. The van der Waals surface area contributed by atoms with Gasteiger partial charge in [0.15, 0.2) is 5.78 Å². The monoisotopic (exact) mass is 216 g/mol. The number of fused-ring (bicyclic) bond motifs is 1. The highest BCUT2D eigenvalue weighted by Gasteiger charge is 2.10. The average molecular weight is 216 g/mol. The Balaban J connectivity index is 2.57. The second kappa shape index (κ2) is 4.10. The van der Waals surface area contributed by atoms with E-state index in [9.17, 15) is 4.79 Å². The predicted molar refractivity (Wildman–Crippen MR) is 65.7 cm³/mol. The molecule has 0 saturated carbocycles. The molecule has 0 saturated heterocycles. The third kappa shape index (κ3) is 1.86. The number of hydrogen-bond donors (Lipinski definition) is 1. The van der Waals surface area contributed by atoms with E-state index < -0.39 is 0 Å². The zero-order valence-corrected chi connectivity index (χ0v) is 9.87. The first kappa shape index (κ1) is 10.9. The van der Waals surface area contributed by atoms with Gasteiger partial charge in [-0.1, -0.05) is 12.1 Å². The Labute approximate surface area is 95.1 Å². The third-order valence-electron chi connectivity index (χ3n) is 2.67. The highest BCUT2D eigenvalue weighted by atomic mass is 16.1. The molecule has 0 unspecified atom stereocenters. The molecule has 0 spiro atoms. The Kier molecular flexibility index (Phi) is 2.79. The second-order valence-electron chi connectivity index (χ2n) is 4.34. The minimum atomic E-state index is 0.101. The van der Waals surface area contributed by atoms with Crippen molar-refractivity contribution in [2.45, 2.75) is 13.5 Å². The molecule has 0 atom stereocenters. The number of nitrogens with zero attached hydrogens (tertiary/aromatic N) is 1. The second-order valence-corrected chi connectivity index (χ2v) is 4.34. The molecule has 1 N–H and O–H groups in total. The minimum absolute atomic E-state index is 0.101. The van der Waals surface area contributed by atoms with E-state index in [1.807, 2.05) is 32.4 Å². The molecular weight excluding hydrogens is 200 g/mol. The van der Waals surface area contributed by atoms with Gasteiger partial charge >= 0.3 is 0 Å². The van der Waals surface area contributed by atoms with Crippen molar-refractivity contribution in [1.82, 2.24) is 9.88 Å². The molecule has 0 bridgehead atoms. The normalized spacial score (nSPS) is 11.2. The van der Waals surface area contributed by atoms with E-state index >= 15 is 0 Å². The highest BCUT2D eigenvalue weighted by molar-refractivity contribution is 6.06. The summed E-state index contributed by atoms with van der Waals surface area (Å²) < 4.78 is 0. The topological polar surface area (TPSA) is 36.1 Å². The first-order valence-corrected chi connectivity index (χ1v) is 5.34. The van der Waals surface area contributed by atoms with Crippen molar-refractivity contribution < 1.29 is 4.79 Å². The van der Waals surface area contributed by atoms with Gasteiger partial charge in [0.05, 0.1) is 5.52 Å². The number of hydrogen-bond acceptors (Lipinski definition) is 2. The Morgan fingerprint density at radius 2 is 2.12 bits per heavy atom. The SMILES string of the molecule is CC(=O)c1cccc2c(CN(C)C)c[nH]c12. The van der Waals surface area contributed by atoms with Gasteiger partial charge in [0.2, 0.25) is 0 Å². The van der Waals surface area contributed by atoms with Crippen molar-refractivity contribution in [2.75, 3.05) is 14.1 Å². The van der Waals surface area contributed by atoms with Crippen LogP contribution in [0.25, 0.3) is 10.9 Å². The number of benzene rings is 1. The summed E-state index contributed by atoms with van der Waals surface area (Å²) in [6.07, 6.45) is 1.98. The van der Waals surface area contributed by atoms with E-state index in [0.717, 1.165) is 23.0 Å². The van der Waals surface area contributed by atoms with Crippen molar-refractivity contribution in [2.24, 2.45) is 0 Å². The third-order valence-corrected chi connectivity index (χ3v) is 2.67. The van der Waals surface area contributed by atoms with E-state index in [2.05, 4.69) is 16.0 Å². The Morgan fingerprint density at radius 1 is 1.38 bits per heavy atom. The standard InChI is InChI=1S/C13H16N2O/c1-9(16)11-5-4-6-12-10(8-15(2)3)7-14-13(11)12/h4-7,14H,8H2,1-3H3. The van der Waals surface area contributed by atoms with Crippen LogP contribution in [0, 0.1) is 0 Å². The van der Waals surface area contributed by atoms with E-state index in [1.54, 1.807) is 6.92 Å². The van der Waals surface area contributed by atoms with E-state index in [-0.39, 0.29) is 5.78 Å². The minimum Gasteiger partial charge on any atom is -0.360 e. The quantitative estimate of drug-likeness (QED) is 0.800. The van der Waals surface area contributed by atoms with Gasteiger partial charge in [-0.3, -0.25) is 4.79 Å². The number of rotatable bonds is 3. The van der Waals surface area contributed by atoms with Crippen LogP contribution in [0.1, 0.15) is 22.8 Å². The van der Waals surface area contributed by atoms with Crippen LogP contribution in [0.4, 0.5) is 0 Å². The lowest BCUT2D eigenvalue weighted by Crippen LogP contribution is -2.10. The van der Waals surface area contributed by atoms with Gasteiger partial charge in [-0.2, -0.15) is 0 Å². The number of ketones is 1. The molecule has 1 aromatic heterocycles. The number of carbonyl (C=O) groups is 1. The number of H-pyrrole nitrogens is 1. The maximum absolute atomic E-state index is 11.5. The summed E-state index contributed by atoms with van der Waals surface area (Å²) in [6, 6.07) is 5.85. The number of para-hydroxylation sites is 1. The molecule has 0 radical (unpaired) electrons. The summed E-state index contributed by atoms with van der Waals surface area (Å²) in [6.45, 7) is 2.47. The summed E-state index contributed by atoms with van der Waals surface area (Å²) in [7, 11) is 4.07. The lowest BCUT2D eigenvalue weighted by Gasteiger charge is -2.08. The summed E-state index contributed by atoms with van der Waals surface area (Å²) >= 11 is 0. The summed E-state index contributed by atoms with van der Waals surface area (Å²) in [5.41, 5.74) is 2.94. The van der Waals surface area contributed by atoms with Crippen LogP contribution in [0.5, 0.6) is 0 Å². The molecule has 2 rings (SSSR count). The van der Waals surface area contributed by atoms with Crippen LogP contribution in [-0.4, -0.2) is 29.8 Å². The van der Waals surface area contributed by atoms with Gasteiger partial charge in [-0.05, 0) is 32.6 Å². The van der Waals surface area contributed by atoms with E-state index in [1.165, 1.54) is 5.56 Å². The predicted octanol–water partition coefficient (Wildman–Crippen LogP) is 2.43. The fourth-order valence-corrected chi connectivity index (χ4v) is 1.98. The number of Topliss-reactive ketones (excluding diaryl/α,β-unsaturated/α-hetero) is 1. The summed E-state index contributed by atoms with van der Waals surface area (Å²) in [5.74, 6) is 0.101. The van der Waals surface area contributed by atoms with Crippen molar-refractivity contribution in [3.63, 3.8) is 0 Å². The molecule has 16 heavy (non-hydrogen) atoms. The average Bonchev–Trinajstić information content (AvgIpc) is 2.60. The molecule has 0 aliphatic carbocycles. The van der Waals surface area contributed by atoms with Gasteiger partial charge in [-0.25, -0.2) is 0 Å². The van der Waals surface area contributed by atoms with Crippen LogP contribution < -0.4 is 0 Å². The molecule has 0 amide bonds. The van der Waals surface area contributed by atoms with E-state index in [4.69, 9.17) is 0 Å². The Morgan fingerprint density at radius 3 is 2.75 bits per heavy atom. The van der Waals surface area contributed by atoms with Crippen LogP contribution in [0.3, 0.4) is 0 Å². The Hall–Kier alpha value is -1.61. The van der Waals surface area contributed by atoms with Crippen molar-refractivity contribution in [1.29, 1.82) is 0 Å². The zero-order chi connectivity index (χ0) is 11.7. The number of aromatic amines is 1. The van der Waals surface area contributed by atoms with Crippen LogP contribution in [-0.2, 0) is 6.54 Å². The zero-order valence-electron chi connectivity index (χ0n) is 9.87. The molecule has 0 fully saturated rings. The van der Waals surface area contributed by atoms with Crippen molar-refractivity contribution >= 4 is 16.7 Å². The fraction of sp³-hybridized carbons (Fsp3) is 0.308. The summed E-state index contributed by atoms with van der Waals surface area (Å²) in [5, 5.41) is 1.14. The fourth-order valence-electron chi connectivity index (χ4n) is 1.98. The van der Waals surface area contributed by atoms with Gasteiger partial charge in [0.25, 0.3) is 0 Å². The molecule has 1 aromatic carbocycles. The maximum atomic E-state index is 11.5. The molecule has 84 valence electrons. The molecule has 0 aliphatic rings. The van der Waals surface area contributed by atoms with Crippen molar-refractivity contribution in [3.05, 3.63) is 35.5 Å².